The first-order valence-corrected chi connectivity index (χ1v) is 9.50. The standard InChI is InChI=1S/C19H17BrClF3O4/c1-3-15(18(25)26-4-2)28-17-10-12(6-7-13(17)20)27-16-8-5-11(9-14(16)21)19(22,23)24/h5-10,15H,3-4H2,1-2H3. The summed E-state index contributed by atoms with van der Waals surface area (Å²) in [6.45, 7) is 3.70. The number of hydrogen-bond donors (Lipinski definition) is 0. The maximum absolute atomic E-state index is 12.7. The van der Waals surface area contributed by atoms with Crippen LogP contribution < -0.4 is 9.47 Å². The van der Waals surface area contributed by atoms with E-state index in [1.54, 1.807) is 26.0 Å². The van der Waals surface area contributed by atoms with Crippen LogP contribution in [0.2, 0.25) is 5.02 Å². The van der Waals surface area contributed by atoms with Crippen LogP contribution in [0, 0.1) is 0 Å². The number of ether oxygens (including phenoxy) is 3. The number of rotatable bonds is 7. The molecule has 2 aromatic carbocycles. The Morgan fingerprint density at radius 1 is 1.14 bits per heavy atom. The van der Waals surface area contributed by atoms with Gasteiger partial charge >= 0.3 is 12.1 Å². The monoisotopic (exact) mass is 480 g/mol. The lowest BCUT2D eigenvalue weighted by Gasteiger charge is -2.18. The molecule has 0 bridgehead atoms. The minimum absolute atomic E-state index is 0.0559. The first kappa shape index (κ1) is 22.4. The van der Waals surface area contributed by atoms with E-state index in [1.165, 1.54) is 6.07 Å². The van der Waals surface area contributed by atoms with Crippen molar-refractivity contribution < 1.29 is 32.2 Å². The lowest BCUT2D eigenvalue weighted by molar-refractivity contribution is -0.151. The minimum Gasteiger partial charge on any atom is -0.477 e. The lowest BCUT2D eigenvalue weighted by Crippen LogP contribution is -2.28. The highest BCUT2D eigenvalue weighted by Gasteiger charge is 2.31. The van der Waals surface area contributed by atoms with Crippen LogP contribution in [-0.4, -0.2) is 18.7 Å². The Bertz CT molecular complexity index is 842. The average molecular weight is 482 g/mol. The molecule has 0 fully saturated rings. The molecule has 1 unspecified atom stereocenters. The summed E-state index contributed by atoms with van der Waals surface area (Å²) in [5, 5.41) is -0.182. The molecule has 152 valence electrons. The zero-order chi connectivity index (χ0) is 20.9. The molecule has 0 aliphatic rings. The van der Waals surface area contributed by atoms with Gasteiger partial charge in [0.05, 0.1) is 21.7 Å². The van der Waals surface area contributed by atoms with E-state index in [-0.39, 0.29) is 23.1 Å². The normalized spacial score (nSPS) is 12.4. The molecule has 9 heteroatoms. The van der Waals surface area contributed by atoms with Crippen molar-refractivity contribution in [1.82, 2.24) is 0 Å². The number of esters is 1. The quantitative estimate of drug-likeness (QED) is 0.416. The summed E-state index contributed by atoms with van der Waals surface area (Å²) in [6, 6.07) is 7.52. The second-order valence-corrected chi connectivity index (χ2v) is 6.87. The predicted octanol–water partition coefficient (Wildman–Crippen LogP) is 6.63. The number of alkyl halides is 3. The van der Waals surface area contributed by atoms with Crippen LogP contribution >= 0.6 is 27.5 Å². The summed E-state index contributed by atoms with van der Waals surface area (Å²) in [7, 11) is 0. The Morgan fingerprint density at radius 3 is 2.43 bits per heavy atom. The van der Waals surface area contributed by atoms with E-state index in [4.69, 9.17) is 25.8 Å². The summed E-state index contributed by atoms with van der Waals surface area (Å²) < 4.78 is 55.0. The Morgan fingerprint density at radius 2 is 1.86 bits per heavy atom. The van der Waals surface area contributed by atoms with Gasteiger partial charge in [-0.2, -0.15) is 13.2 Å². The maximum atomic E-state index is 12.7. The number of carbonyl (C=O) groups excluding carboxylic acids is 1. The van der Waals surface area contributed by atoms with Gasteiger partial charge < -0.3 is 14.2 Å². The van der Waals surface area contributed by atoms with E-state index in [0.717, 1.165) is 18.2 Å². The van der Waals surface area contributed by atoms with E-state index >= 15 is 0 Å². The molecule has 2 aromatic rings. The molecule has 0 radical (unpaired) electrons. The van der Waals surface area contributed by atoms with Gasteiger partial charge in [-0.15, -0.1) is 0 Å². The van der Waals surface area contributed by atoms with Crippen LogP contribution in [0.15, 0.2) is 40.9 Å². The Kier molecular flexibility index (Phi) is 7.60. The first-order chi connectivity index (χ1) is 13.2. The Hall–Kier alpha value is -1.93. The highest BCUT2D eigenvalue weighted by molar-refractivity contribution is 9.10. The van der Waals surface area contributed by atoms with Crippen molar-refractivity contribution in [3.63, 3.8) is 0 Å². The van der Waals surface area contributed by atoms with Crippen molar-refractivity contribution in [2.75, 3.05) is 6.61 Å². The molecule has 2 rings (SSSR count). The summed E-state index contributed by atoms with van der Waals surface area (Å²) in [4.78, 5) is 11.9. The van der Waals surface area contributed by atoms with Crippen molar-refractivity contribution in [3.05, 3.63) is 51.5 Å². The second-order valence-electron chi connectivity index (χ2n) is 5.60. The molecule has 0 spiro atoms. The molecule has 0 saturated heterocycles. The third kappa shape index (κ3) is 5.78. The van der Waals surface area contributed by atoms with E-state index in [2.05, 4.69) is 15.9 Å². The SMILES string of the molecule is CCOC(=O)C(CC)Oc1cc(Oc2ccc(C(F)(F)F)cc2Cl)ccc1Br. The molecule has 0 saturated carbocycles. The van der Waals surface area contributed by atoms with Gasteiger partial charge in [0.1, 0.15) is 17.2 Å². The molecule has 0 aliphatic heterocycles. The van der Waals surface area contributed by atoms with Crippen molar-refractivity contribution in [2.24, 2.45) is 0 Å². The molecular weight excluding hydrogens is 465 g/mol. The van der Waals surface area contributed by atoms with Gasteiger partial charge in [-0.05, 0) is 59.6 Å². The average Bonchev–Trinajstić information content (AvgIpc) is 2.63. The van der Waals surface area contributed by atoms with Gasteiger partial charge in [-0.1, -0.05) is 18.5 Å². The van der Waals surface area contributed by atoms with Gasteiger partial charge in [-0.3, -0.25) is 0 Å². The fraction of sp³-hybridized carbons (Fsp3) is 0.316. The fourth-order valence-corrected chi connectivity index (χ4v) is 2.77. The third-order valence-electron chi connectivity index (χ3n) is 3.58. The lowest BCUT2D eigenvalue weighted by atomic mass is 10.2. The van der Waals surface area contributed by atoms with E-state index in [9.17, 15) is 18.0 Å². The zero-order valence-corrected chi connectivity index (χ0v) is 17.3. The summed E-state index contributed by atoms with van der Waals surface area (Å²) in [5.74, 6) is 0.161. The molecule has 0 amide bonds. The molecule has 0 aromatic heterocycles. The minimum atomic E-state index is -4.50. The highest BCUT2D eigenvalue weighted by atomic mass is 79.9. The van der Waals surface area contributed by atoms with Gasteiger partial charge in [0.2, 0.25) is 0 Å². The Labute approximate surface area is 173 Å². The predicted molar refractivity (Wildman–Crippen MR) is 102 cm³/mol. The first-order valence-electron chi connectivity index (χ1n) is 8.33. The van der Waals surface area contributed by atoms with Crippen LogP contribution in [0.3, 0.4) is 0 Å². The van der Waals surface area contributed by atoms with Crippen LogP contribution in [0.25, 0.3) is 0 Å². The van der Waals surface area contributed by atoms with Crippen molar-refractivity contribution in [2.45, 2.75) is 32.5 Å². The van der Waals surface area contributed by atoms with Gasteiger partial charge in [0.15, 0.2) is 6.10 Å². The number of benzene rings is 2. The topological polar surface area (TPSA) is 44.8 Å². The number of hydrogen-bond acceptors (Lipinski definition) is 4. The molecule has 1 atom stereocenters. The molecular formula is C19H17BrClF3O4. The van der Waals surface area contributed by atoms with Crippen molar-refractivity contribution >= 4 is 33.5 Å². The summed E-state index contributed by atoms with van der Waals surface area (Å²) in [6.07, 6.45) is -4.91. The zero-order valence-electron chi connectivity index (χ0n) is 15.0. The summed E-state index contributed by atoms with van der Waals surface area (Å²) >= 11 is 9.24. The molecule has 28 heavy (non-hydrogen) atoms. The van der Waals surface area contributed by atoms with E-state index in [0.29, 0.717) is 16.6 Å². The van der Waals surface area contributed by atoms with E-state index < -0.39 is 23.8 Å². The van der Waals surface area contributed by atoms with Gasteiger partial charge in [-0.25, -0.2) is 4.79 Å². The molecule has 4 nitrogen and oxygen atoms in total. The van der Waals surface area contributed by atoms with Crippen LogP contribution in [0.4, 0.5) is 13.2 Å². The van der Waals surface area contributed by atoms with Crippen LogP contribution in [-0.2, 0) is 15.7 Å². The maximum Gasteiger partial charge on any atom is 0.416 e. The third-order valence-corrected chi connectivity index (χ3v) is 4.53. The Balaban J connectivity index is 2.22. The van der Waals surface area contributed by atoms with Crippen LogP contribution in [0.5, 0.6) is 17.2 Å². The van der Waals surface area contributed by atoms with Gasteiger partial charge in [0, 0.05) is 6.07 Å². The summed E-state index contributed by atoms with van der Waals surface area (Å²) in [5.41, 5.74) is -0.870. The highest BCUT2D eigenvalue weighted by Crippen LogP contribution is 2.38. The van der Waals surface area contributed by atoms with Crippen molar-refractivity contribution in [1.29, 1.82) is 0 Å². The smallest absolute Gasteiger partial charge is 0.416 e. The van der Waals surface area contributed by atoms with Crippen molar-refractivity contribution in [3.8, 4) is 17.2 Å². The van der Waals surface area contributed by atoms with Crippen LogP contribution in [0.1, 0.15) is 25.8 Å². The van der Waals surface area contributed by atoms with E-state index in [1.807, 2.05) is 0 Å². The second kappa shape index (κ2) is 9.52. The number of carbonyl (C=O) groups is 1. The molecule has 0 N–H and O–H groups in total. The largest absolute Gasteiger partial charge is 0.477 e. The van der Waals surface area contributed by atoms with Gasteiger partial charge in [0.25, 0.3) is 0 Å². The molecule has 0 aliphatic carbocycles. The fourth-order valence-electron chi connectivity index (χ4n) is 2.21. The number of halogens is 5. The molecule has 0 heterocycles.